The molecule has 0 spiro atoms. The largest absolute Gasteiger partial charge is 0.343 e. The lowest BCUT2D eigenvalue weighted by Crippen LogP contribution is -2.51. The maximum atomic E-state index is 12.2. The van der Waals surface area contributed by atoms with Gasteiger partial charge in [0.25, 0.3) is 0 Å². The minimum Gasteiger partial charge on any atom is -0.343 e. The Morgan fingerprint density at radius 2 is 2.18 bits per heavy atom. The summed E-state index contributed by atoms with van der Waals surface area (Å²) in [5.74, 6) is 0.899. The molecule has 0 aliphatic carbocycles. The molecule has 22 heavy (non-hydrogen) atoms. The second kappa shape index (κ2) is 7.06. The Kier molecular flexibility index (Phi) is 4.89. The van der Waals surface area contributed by atoms with Gasteiger partial charge < -0.3 is 15.1 Å². The number of nitrogens with zero attached hydrogens (tertiary/aromatic N) is 4. The number of rotatable bonds is 4. The number of thiophene rings is 1. The fraction of sp³-hybridized carbons (Fsp3) is 0.500. The van der Waals surface area contributed by atoms with Crippen LogP contribution in [0.1, 0.15) is 17.6 Å². The molecule has 1 aliphatic rings. The summed E-state index contributed by atoms with van der Waals surface area (Å²) in [6, 6.07) is 4.04. The molecule has 1 fully saturated rings. The minimum atomic E-state index is 0.0135. The van der Waals surface area contributed by atoms with E-state index in [1.165, 1.54) is 16.4 Å². The van der Waals surface area contributed by atoms with Crippen molar-refractivity contribution in [2.45, 2.75) is 19.9 Å². The number of urea groups is 1. The van der Waals surface area contributed by atoms with E-state index in [4.69, 9.17) is 0 Å². The van der Waals surface area contributed by atoms with Gasteiger partial charge in [-0.25, -0.2) is 9.78 Å². The average molecular weight is 337 g/mol. The highest BCUT2D eigenvalue weighted by atomic mass is 32.1. The van der Waals surface area contributed by atoms with Crippen molar-refractivity contribution in [1.82, 2.24) is 19.6 Å². The SMILES string of the molecule is CCc1nsc(N2CCN(C(=O)NCc3cccs3)CC2)n1. The van der Waals surface area contributed by atoms with E-state index in [0.29, 0.717) is 6.54 Å². The van der Waals surface area contributed by atoms with E-state index in [-0.39, 0.29) is 6.03 Å². The summed E-state index contributed by atoms with van der Waals surface area (Å²) >= 11 is 3.10. The van der Waals surface area contributed by atoms with Gasteiger partial charge in [0.05, 0.1) is 6.54 Å². The number of hydrogen-bond donors (Lipinski definition) is 1. The molecule has 2 aromatic rings. The zero-order valence-corrected chi connectivity index (χ0v) is 14.1. The molecule has 118 valence electrons. The Morgan fingerprint density at radius 1 is 1.36 bits per heavy atom. The molecule has 3 heterocycles. The molecule has 1 saturated heterocycles. The van der Waals surface area contributed by atoms with Gasteiger partial charge in [0.1, 0.15) is 5.82 Å². The van der Waals surface area contributed by atoms with Gasteiger partial charge in [-0.05, 0) is 11.4 Å². The Balaban J connectivity index is 1.47. The van der Waals surface area contributed by atoms with Crippen molar-refractivity contribution in [2.75, 3.05) is 31.1 Å². The summed E-state index contributed by atoms with van der Waals surface area (Å²) in [6.07, 6.45) is 0.863. The first-order valence-electron chi connectivity index (χ1n) is 7.39. The summed E-state index contributed by atoms with van der Waals surface area (Å²) in [5.41, 5.74) is 0. The van der Waals surface area contributed by atoms with Crippen LogP contribution in [-0.2, 0) is 13.0 Å². The number of nitrogens with one attached hydrogen (secondary N) is 1. The van der Waals surface area contributed by atoms with E-state index in [0.717, 1.165) is 43.6 Å². The number of carbonyl (C=O) groups excluding carboxylic acids is 1. The molecule has 1 N–H and O–H groups in total. The minimum absolute atomic E-state index is 0.0135. The molecule has 0 saturated carbocycles. The van der Waals surface area contributed by atoms with E-state index < -0.39 is 0 Å². The number of hydrogen-bond acceptors (Lipinski definition) is 6. The molecule has 2 amide bonds. The first kappa shape index (κ1) is 15.2. The molecule has 0 aromatic carbocycles. The fourth-order valence-electron chi connectivity index (χ4n) is 2.31. The second-order valence-electron chi connectivity index (χ2n) is 5.06. The van der Waals surface area contributed by atoms with Crippen molar-refractivity contribution in [2.24, 2.45) is 0 Å². The zero-order valence-electron chi connectivity index (χ0n) is 12.5. The lowest BCUT2D eigenvalue weighted by atomic mass is 10.3. The summed E-state index contributed by atoms with van der Waals surface area (Å²) in [7, 11) is 0. The maximum Gasteiger partial charge on any atom is 0.317 e. The molecule has 0 unspecified atom stereocenters. The third kappa shape index (κ3) is 3.56. The van der Waals surface area contributed by atoms with Crippen molar-refractivity contribution in [3.63, 3.8) is 0 Å². The number of anilines is 1. The number of amides is 2. The lowest BCUT2D eigenvalue weighted by molar-refractivity contribution is 0.194. The Labute approximate surface area is 137 Å². The van der Waals surface area contributed by atoms with Crippen LogP contribution < -0.4 is 10.2 Å². The van der Waals surface area contributed by atoms with E-state index in [1.54, 1.807) is 11.3 Å². The summed E-state index contributed by atoms with van der Waals surface area (Å²) < 4.78 is 4.32. The number of piperazine rings is 1. The van der Waals surface area contributed by atoms with Gasteiger partial charge in [0.2, 0.25) is 5.13 Å². The van der Waals surface area contributed by atoms with Gasteiger partial charge in [-0.1, -0.05) is 13.0 Å². The normalized spacial score (nSPS) is 15.1. The highest BCUT2D eigenvalue weighted by Crippen LogP contribution is 2.19. The average Bonchev–Trinajstić information content (AvgIpc) is 3.24. The smallest absolute Gasteiger partial charge is 0.317 e. The lowest BCUT2D eigenvalue weighted by Gasteiger charge is -2.34. The second-order valence-corrected chi connectivity index (χ2v) is 6.82. The predicted molar refractivity (Wildman–Crippen MR) is 89.6 cm³/mol. The maximum absolute atomic E-state index is 12.2. The van der Waals surface area contributed by atoms with Crippen LogP contribution in [0.3, 0.4) is 0 Å². The van der Waals surface area contributed by atoms with Gasteiger partial charge in [-0.2, -0.15) is 4.37 Å². The van der Waals surface area contributed by atoms with Crippen LogP contribution in [0.2, 0.25) is 0 Å². The van der Waals surface area contributed by atoms with Gasteiger partial charge in [-0.3, -0.25) is 0 Å². The first-order valence-corrected chi connectivity index (χ1v) is 9.04. The topological polar surface area (TPSA) is 61.4 Å². The third-order valence-electron chi connectivity index (χ3n) is 3.60. The monoisotopic (exact) mass is 337 g/mol. The quantitative estimate of drug-likeness (QED) is 0.929. The fourth-order valence-corrected chi connectivity index (χ4v) is 3.75. The van der Waals surface area contributed by atoms with E-state index in [9.17, 15) is 4.79 Å². The van der Waals surface area contributed by atoms with Crippen LogP contribution in [-0.4, -0.2) is 46.5 Å². The number of aryl methyl sites for hydroxylation is 1. The Morgan fingerprint density at radius 3 is 2.82 bits per heavy atom. The summed E-state index contributed by atoms with van der Waals surface area (Å²) in [4.78, 5) is 21.9. The van der Waals surface area contributed by atoms with Crippen LogP contribution in [0.5, 0.6) is 0 Å². The van der Waals surface area contributed by atoms with Crippen LogP contribution in [0.4, 0.5) is 9.93 Å². The van der Waals surface area contributed by atoms with E-state index in [1.807, 2.05) is 22.4 Å². The third-order valence-corrected chi connectivity index (χ3v) is 5.30. The molecule has 6 nitrogen and oxygen atoms in total. The molecule has 0 atom stereocenters. The van der Waals surface area contributed by atoms with Crippen molar-refractivity contribution < 1.29 is 4.79 Å². The van der Waals surface area contributed by atoms with Gasteiger partial charge in [0, 0.05) is 49.0 Å². The van der Waals surface area contributed by atoms with Crippen molar-refractivity contribution in [3.8, 4) is 0 Å². The van der Waals surface area contributed by atoms with Gasteiger partial charge in [-0.15, -0.1) is 11.3 Å². The van der Waals surface area contributed by atoms with Crippen LogP contribution in [0.15, 0.2) is 17.5 Å². The first-order chi connectivity index (χ1) is 10.8. The van der Waals surface area contributed by atoms with Crippen molar-refractivity contribution >= 4 is 34.0 Å². The van der Waals surface area contributed by atoms with Crippen LogP contribution in [0.25, 0.3) is 0 Å². The zero-order chi connectivity index (χ0) is 15.4. The van der Waals surface area contributed by atoms with Crippen LogP contribution in [0, 0.1) is 0 Å². The Hall–Kier alpha value is -1.67. The predicted octanol–water partition coefficient (Wildman–Crippen LogP) is 2.19. The molecule has 8 heteroatoms. The van der Waals surface area contributed by atoms with Crippen molar-refractivity contribution in [3.05, 3.63) is 28.2 Å². The molecule has 0 bridgehead atoms. The van der Waals surface area contributed by atoms with Gasteiger partial charge >= 0.3 is 6.03 Å². The molecule has 2 aromatic heterocycles. The molecule has 0 radical (unpaired) electrons. The summed E-state index contributed by atoms with van der Waals surface area (Å²) in [5, 5.41) is 5.96. The number of aromatic nitrogens is 2. The van der Waals surface area contributed by atoms with Crippen molar-refractivity contribution in [1.29, 1.82) is 0 Å². The molecule has 1 aliphatic heterocycles. The highest BCUT2D eigenvalue weighted by Gasteiger charge is 2.23. The van der Waals surface area contributed by atoms with Gasteiger partial charge in [0.15, 0.2) is 0 Å². The summed E-state index contributed by atoms with van der Waals surface area (Å²) in [6.45, 7) is 5.72. The highest BCUT2D eigenvalue weighted by molar-refractivity contribution is 7.10. The Bertz CT molecular complexity index is 605. The number of carbonyl (C=O) groups is 1. The molecular formula is C14H19N5OS2. The van der Waals surface area contributed by atoms with E-state index in [2.05, 4.69) is 26.5 Å². The molecular weight excluding hydrogens is 318 g/mol. The standard InChI is InChI=1S/C14H19N5OS2/c1-2-12-16-14(22-17-12)19-7-5-18(6-8-19)13(20)15-10-11-4-3-9-21-11/h3-4,9H,2,5-8,10H2,1H3,(H,15,20). The molecule has 3 rings (SSSR count). The van der Waals surface area contributed by atoms with Crippen LogP contribution >= 0.6 is 22.9 Å². The van der Waals surface area contributed by atoms with E-state index >= 15 is 0 Å².